The van der Waals surface area contributed by atoms with Gasteiger partial charge in [0, 0.05) is 6.42 Å². The summed E-state index contributed by atoms with van der Waals surface area (Å²) in [7, 11) is 0. The normalized spacial score (nSPS) is 13.1. The van der Waals surface area contributed by atoms with Crippen LogP contribution in [0.15, 0.2) is 24.3 Å². The Morgan fingerprint density at radius 2 is 1.81 bits per heavy atom. The van der Waals surface area contributed by atoms with Crippen molar-refractivity contribution in [1.29, 1.82) is 0 Å². The number of rotatable bonds is 6. The second-order valence-electron chi connectivity index (χ2n) is 4.65. The number of allylic oxidation sites excluding steroid dienone is 1. The number of hydrogen-bond acceptors (Lipinski definition) is 0. The van der Waals surface area contributed by atoms with Crippen LogP contribution in [0.1, 0.15) is 55.7 Å². The number of aryl methyl sites for hydroxylation is 1. The third-order valence-electron chi connectivity index (χ3n) is 3.27. The zero-order valence-electron chi connectivity index (χ0n) is 10.2. The minimum absolute atomic E-state index is 1.24. The molecule has 0 saturated carbocycles. The molecule has 1 aliphatic rings. The van der Waals surface area contributed by atoms with Gasteiger partial charge in [0.25, 0.3) is 0 Å². The summed E-state index contributed by atoms with van der Waals surface area (Å²) in [6.45, 7) is 2.27. The summed E-state index contributed by atoms with van der Waals surface area (Å²) in [5.74, 6) is 0. The minimum atomic E-state index is 1.24. The average Bonchev–Trinajstić information content (AvgIpc) is 2.76. The first-order valence-corrected chi connectivity index (χ1v) is 6.54. The lowest BCUT2D eigenvalue weighted by Crippen LogP contribution is -1.89. The van der Waals surface area contributed by atoms with E-state index in [2.05, 4.69) is 43.7 Å². The molecule has 0 unspecified atom stereocenters. The summed E-state index contributed by atoms with van der Waals surface area (Å²) < 4.78 is 0. The monoisotopic (exact) mass is 213 g/mol. The molecule has 0 spiro atoms. The van der Waals surface area contributed by atoms with Crippen LogP contribution in [0.3, 0.4) is 0 Å². The van der Waals surface area contributed by atoms with Crippen molar-refractivity contribution in [2.24, 2.45) is 0 Å². The summed E-state index contributed by atoms with van der Waals surface area (Å²) in [6.07, 6.45) is 14.6. The first-order valence-electron chi connectivity index (χ1n) is 6.54. The SMILES string of the molecule is CCCCCCCc1ccc2c(c1)[CH]C=C2. The van der Waals surface area contributed by atoms with Crippen LogP contribution in [0.25, 0.3) is 6.08 Å². The molecule has 1 aliphatic carbocycles. The van der Waals surface area contributed by atoms with E-state index in [1.165, 1.54) is 55.2 Å². The fourth-order valence-electron chi connectivity index (χ4n) is 2.26. The number of fused-ring (bicyclic) bond motifs is 1. The van der Waals surface area contributed by atoms with Crippen molar-refractivity contribution in [2.75, 3.05) is 0 Å². The lowest BCUT2D eigenvalue weighted by molar-refractivity contribution is 0.632. The van der Waals surface area contributed by atoms with Crippen molar-refractivity contribution in [3.8, 4) is 0 Å². The van der Waals surface area contributed by atoms with Crippen LogP contribution in [0.5, 0.6) is 0 Å². The Morgan fingerprint density at radius 1 is 0.938 bits per heavy atom. The Kier molecular flexibility index (Phi) is 4.21. The fraction of sp³-hybridized carbons (Fsp3) is 0.438. The maximum absolute atomic E-state index is 2.34. The fourth-order valence-corrected chi connectivity index (χ4v) is 2.26. The highest BCUT2D eigenvalue weighted by Gasteiger charge is 2.05. The number of benzene rings is 1. The van der Waals surface area contributed by atoms with E-state index in [-0.39, 0.29) is 0 Å². The van der Waals surface area contributed by atoms with Gasteiger partial charge in [-0.15, -0.1) is 0 Å². The van der Waals surface area contributed by atoms with Crippen LogP contribution in [0, 0.1) is 6.42 Å². The largest absolute Gasteiger partial charge is 0.0755 e. The number of hydrogen-bond donors (Lipinski definition) is 0. The minimum Gasteiger partial charge on any atom is -0.0755 e. The van der Waals surface area contributed by atoms with Gasteiger partial charge >= 0.3 is 0 Å². The molecule has 0 nitrogen and oxygen atoms in total. The van der Waals surface area contributed by atoms with Gasteiger partial charge in [0.2, 0.25) is 0 Å². The van der Waals surface area contributed by atoms with Gasteiger partial charge in [-0.3, -0.25) is 0 Å². The molecule has 0 atom stereocenters. The van der Waals surface area contributed by atoms with Gasteiger partial charge in [0.1, 0.15) is 0 Å². The molecule has 0 heteroatoms. The zero-order chi connectivity index (χ0) is 11.2. The van der Waals surface area contributed by atoms with Gasteiger partial charge < -0.3 is 0 Å². The van der Waals surface area contributed by atoms with Gasteiger partial charge in [-0.05, 0) is 29.5 Å². The molecule has 0 fully saturated rings. The molecule has 85 valence electrons. The standard InChI is InChI=1S/C16H21/c1-2-3-4-5-6-8-14-11-12-15-9-7-10-16(15)13-14/h7,9-13H,2-6,8H2,1H3. The van der Waals surface area contributed by atoms with E-state index in [0.717, 1.165) is 0 Å². The molecule has 0 amide bonds. The van der Waals surface area contributed by atoms with E-state index in [0.29, 0.717) is 0 Å². The van der Waals surface area contributed by atoms with Crippen molar-refractivity contribution >= 4 is 6.08 Å². The molecule has 16 heavy (non-hydrogen) atoms. The zero-order valence-corrected chi connectivity index (χ0v) is 10.2. The molecule has 0 aliphatic heterocycles. The first-order chi connectivity index (χ1) is 7.90. The molecule has 0 aromatic heterocycles. The van der Waals surface area contributed by atoms with E-state index < -0.39 is 0 Å². The molecular weight excluding hydrogens is 192 g/mol. The van der Waals surface area contributed by atoms with E-state index >= 15 is 0 Å². The van der Waals surface area contributed by atoms with Crippen LogP contribution in [0.2, 0.25) is 0 Å². The maximum Gasteiger partial charge on any atom is 0.0131 e. The second kappa shape index (κ2) is 5.89. The van der Waals surface area contributed by atoms with Gasteiger partial charge in [-0.1, -0.05) is 63.0 Å². The Balaban J connectivity index is 1.78. The summed E-state index contributed by atoms with van der Waals surface area (Å²) in [4.78, 5) is 0. The molecule has 2 rings (SSSR count). The topological polar surface area (TPSA) is 0 Å². The lowest BCUT2D eigenvalue weighted by Gasteiger charge is -2.04. The molecule has 1 aromatic carbocycles. The molecule has 1 aromatic rings. The second-order valence-corrected chi connectivity index (χ2v) is 4.65. The molecule has 0 heterocycles. The molecular formula is C16H21. The third-order valence-corrected chi connectivity index (χ3v) is 3.27. The Bertz CT molecular complexity index is 360. The van der Waals surface area contributed by atoms with Gasteiger partial charge in [-0.2, -0.15) is 0 Å². The van der Waals surface area contributed by atoms with Crippen molar-refractivity contribution in [3.63, 3.8) is 0 Å². The summed E-state index contributed by atoms with van der Waals surface area (Å²) in [5, 5.41) is 0. The van der Waals surface area contributed by atoms with Crippen LogP contribution < -0.4 is 0 Å². The van der Waals surface area contributed by atoms with Crippen molar-refractivity contribution in [3.05, 3.63) is 47.4 Å². The van der Waals surface area contributed by atoms with Crippen LogP contribution in [-0.2, 0) is 6.42 Å². The molecule has 0 N–H and O–H groups in total. The lowest BCUT2D eigenvalue weighted by atomic mass is 10.0. The number of unbranched alkanes of at least 4 members (excludes halogenated alkanes) is 4. The van der Waals surface area contributed by atoms with E-state index in [1.54, 1.807) is 0 Å². The van der Waals surface area contributed by atoms with E-state index in [9.17, 15) is 0 Å². The predicted molar refractivity (Wildman–Crippen MR) is 71.3 cm³/mol. The van der Waals surface area contributed by atoms with Gasteiger partial charge in [-0.25, -0.2) is 0 Å². The Hall–Kier alpha value is -1.04. The van der Waals surface area contributed by atoms with Gasteiger partial charge in [0.05, 0.1) is 0 Å². The summed E-state index contributed by atoms with van der Waals surface area (Å²) in [6, 6.07) is 6.87. The van der Waals surface area contributed by atoms with Crippen molar-refractivity contribution < 1.29 is 0 Å². The van der Waals surface area contributed by atoms with Crippen LogP contribution >= 0.6 is 0 Å². The summed E-state index contributed by atoms with van der Waals surface area (Å²) in [5.41, 5.74) is 4.26. The Labute approximate surface area is 99.4 Å². The van der Waals surface area contributed by atoms with Crippen molar-refractivity contribution in [1.82, 2.24) is 0 Å². The smallest absolute Gasteiger partial charge is 0.0131 e. The highest BCUT2D eigenvalue weighted by atomic mass is 14.1. The predicted octanol–water partition coefficient (Wildman–Crippen LogP) is 4.78. The highest BCUT2D eigenvalue weighted by Crippen LogP contribution is 2.22. The van der Waals surface area contributed by atoms with Crippen LogP contribution in [0.4, 0.5) is 0 Å². The quantitative estimate of drug-likeness (QED) is 0.597. The summed E-state index contributed by atoms with van der Waals surface area (Å²) >= 11 is 0. The Morgan fingerprint density at radius 3 is 2.69 bits per heavy atom. The average molecular weight is 213 g/mol. The first kappa shape index (κ1) is 11.4. The third kappa shape index (κ3) is 2.98. The van der Waals surface area contributed by atoms with E-state index in [4.69, 9.17) is 0 Å². The van der Waals surface area contributed by atoms with E-state index in [1.807, 2.05) is 0 Å². The van der Waals surface area contributed by atoms with Crippen molar-refractivity contribution in [2.45, 2.75) is 45.4 Å². The molecule has 0 saturated heterocycles. The van der Waals surface area contributed by atoms with Crippen LogP contribution in [-0.4, -0.2) is 0 Å². The highest BCUT2D eigenvalue weighted by molar-refractivity contribution is 5.65. The van der Waals surface area contributed by atoms with Gasteiger partial charge in [0.15, 0.2) is 0 Å². The molecule has 1 radical (unpaired) electrons. The maximum atomic E-state index is 2.34. The molecule has 0 bridgehead atoms.